The molecule has 0 bridgehead atoms. The second-order valence-corrected chi connectivity index (χ2v) is 8.11. The lowest BCUT2D eigenvalue weighted by molar-refractivity contribution is 0.0935. The summed E-state index contributed by atoms with van der Waals surface area (Å²) in [6.07, 6.45) is 0.787. The number of carbonyl (C=O) groups excluding carboxylic acids is 1. The molecule has 1 atom stereocenters. The average Bonchev–Trinajstić information content (AvgIpc) is 3.04. The number of aryl methyl sites for hydroxylation is 1. The van der Waals surface area contributed by atoms with Gasteiger partial charge >= 0.3 is 0 Å². The number of hydrogen-bond donors (Lipinski definition) is 1. The van der Waals surface area contributed by atoms with Gasteiger partial charge in [0.25, 0.3) is 5.91 Å². The van der Waals surface area contributed by atoms with Gasteiger partial charge in [0.05, 0.1) is 12.6 Å². The number of halogens is 2. The van der Waals surface area contributed by atoms with Crippen molar-refractivity contribution in [3.63, 3.8) is 0 Å². The van der Waals surface area contributed by atoms with Crippen molar-refractivity contribution >= 4 is 16.8 Å². The lowest BCUT2D eigenvalue weighted by atomic mass is 10.0. The SMILES string of the molecule is CC[C@@H](NC(=O)c1ccc2c(c1)c(C)c(C)n2Cc1ccc(F)cc1F)c1ccccc1. The highest BCUT2D eigenvalue weighted by Gasteiger charge is 2.18. The lowest BCUT2D eigenvalue weighted by Gasteiger charge is -2.17. The van der Waals surface area contributed by atoms with E-state index in [0.29, 0.717) is 17.7 Å². The van der Waals surface area contributed by atoms with Gasteiger partial charge in [-0.2, -0.15) is 0 Å². The molecule has 0 unspecified atom stereocenters. The van der Waals surface area contributed by atoms with Crippen LogP contribution in [0.3, 0.4) is 0 Å². The maximum absolute atomic E-state index is 14.2. The Labute approximate surface area is 186 Å². The summed E-state index contributed by atoms with van der Waals surface area (Å²) in [5.74, 6) is -1.28. The van der Waals surface area contributed by atoms with Crippen molar-refractivity contribution in [2.45, 2.75) is 39.8 Å². The molecule has 1 aromatic heterocycles. The summed E-state index contributed by atoms with van der Waals surface area (Å²) in [5.41, 5.74) is 5.01. The van der Waals surface area contributed by atoms with Crippen molar-refractivity contribution in [3.8, 4) is 0 Å². The summed E-state index contributed by atoms with van der Waals surface area (Å²) in [5, 5.41) is 4.08. The van der Waals surface area contributed by atoms with Crippen LogP contribution in [0.25, 0.3) is 10.9 Å². The molecule has 3 nitrogen and oxygen atoms in total. The highest BCUT2D eigenvalue weighted by atomic mass is 19.1. The number of aromatic nitrogens is 1. The Bertz CT molecular complexity index is 1280. The zero-order chi connectivity index (χ0) is 22.8. The largest absolute Gasteiger partial charge is 0.345 e. The zero-order valence-corrected chi connectivity index (χ0v) is 18.5. The van der Waals surface area contributed by atoms with Crippen molar-refractivity contribution in [3.05, 3.63) is 106 Å². The van der Waals surface area contributed by atoms with Crippen LogP contribution >= 0.6 is 0 Å². The molecule has 164 valence electrons. The van der Waals surface area contributed by atoms with E-state index in [0.717, 1.165) is 40.2 Å². The van der Waals surface area contributed by atoms with E-state index in [1.165, 1.54) is 12.1 Å². The van der Waals surface area contributed by atoms with Crippen LogP contribution in [-0.4, -0.2) is 10.5 Å². The highest BCUT2D eigenvalue weighted by Crippen LogP contribution is 2.28. The normalized spacial score (nSPS) is 12.2. The molecule has 0 saturated carbocycles. The molecule has 0 radical (unpaired) electrons. The molecule has 0 aliphatic carbocycles. The summed E-state index contributed by atoms with van der Waals surface area (Å²) in [7, 11) is 0. The summed E-state index contributed by atoms with van der Waals surface area (Å²) in [6, 6.07) is 19.1. The molecule has 3 aromatic carbocycles. The Hall–Kier alpha value is -3.47. The topological polar surface area (TPSA) is 34.0 Å². The van der Waals surface area contributed by atoms with E-state index in [4.69, 9.17) is 0 Å². The van der Waals surface area contributed by atoms with Crippen LogP contribution in [0, 0.1) is 25.5 Å². The van der Waals surface area contributed by atoms with Crippen molar-refractivity contribution in [1.29, 1.82) is 0 Å². The minimum atomic E-state index is -0.590. The first-order chi connectivity index (χ1) is 15.4. The number of fused-ring (bicyclic) bond motifs is 1. The molecule has 1 amide bonds. The Morgan fingerprint density at radius 1 is 1.00 bits per heavy atom. The number of nitrogens with one attached hydrogen (secondary N) is 1. The van der Waals surface area contributed by atoms with Crippen LogP contribution in [0.1, 0.15) is 52.1 Å². The molecule has 0 spiro atoms. The molecule has 4 rings (SSSR count). The molecule has 4 aromatic rings. The van der Waals surface area contributed by atoms with E-state index in [2.05, 4.69) is 5.32 Å². The Balaban J connectivity index is 1.64. The minimum absolute atomic E-state index is 0.0618. The van der Waals surface area contributed by atoms with Crippen molar-refractivity contribution in [1.82, 2.24) is 9.88 Å². The summed E-state index contributed by atoms with van der Waals surface area (Å²) < 4.78 is 29.5. The molecule has 32 heavy (non-hydrogen) atoms. The number of amides is 1. The quantitative estimate of drug-likeness (QED) is 0.372. The molecule has 0 aliphatic heterocycles. The lowest BCUT2D eigenvalue weighted by Crippen LogP contribution is -2.28. The van der Waals surface area contributed by atoms with Crippen LogP contribution in [0.15, 0.2) is 66.7 Å². The molecular formula is C27H26F2N2O. The van der Waals surface area contributed by atoms with Crippen LogP contribution in [0.2, 0.25) is 0 Å². The van der Waals surface area contributed by atoms with Gasteiger partial charge in [0, 0.05) is 33.8 Å². The fourth-order valence-electron chi connectivity index (χ4n) is 4.16. The van der Waals surface area contributed by atoms with Crippen molar-refractivity contribution < 1.29 is 13.6 Å². The predicted octanol–water partition coefficient (Wildman–Crippen LogP) is 6.47. The minimum Gasteiger partial charge on any atom is -0.345 e. The Kier molecular flexibility index (Phi) is 6.08. The van der Waals surface area contributed by atoms with Gasteiger partial charge in [-0.05, 0) is 55.7 Å². The fourth-order valence-corrected chi connectivity index (χ4v) is 4.16. The number of carbonyl (C=O) groups is 1. The summed E-state index contributed by atoms with van der Waals surface area (Å²) in [6.45, 7) is 6.30. The van der Waals surface area contributed by atoms with E-state index in [9.17, 15) is 13.6 Å². The van der Waals surface area contributed by atoms with E-state index < -0.39 is 11.6 Å². The first-order valence-electron chi connectivity index (χ1n) is 10.8. The molecule has 0 fully saturated rings. The van der Waals surface area contributed by atoms with E-state index in [1.807, 2.05) is 67.8 Å². The Morgan fingerprint density at radius 3 is 2.44 bits per heavy atom. The van der Waals surface area contributed by atoms with E-state index in [1.54, 1.807) is 6.07 Å². The molecular weight excluding hydrogens is 406 g/mol. The van der Waals surface area contributed by atoms with Gasteiger partial charge in [-0.3, -0.25) is 4.79 Å². The maximum Gasteiger partial charge on any atom is 0.251 e. The summed E-state index contributed by atoms with van der Waals surface area (Å²) in [4.78, 5) is 13.0. The average molecular weight is 433 g/mol. The third kappa shape index (κ3) is 4.15. The van der Waals surface area contributed by atoms with Gasteiger partial charge in [0.2, 0.25) is 0 Å². The Morgan fingerprint density at radius 2 is 1.75 bits per heavy atom. The smallest absolute Gasteiger partial charge is 0.251 e. The molecule has 0 saturated heterocycles. The second kappa shape index (κ2) is 8.95. The molecule has 1 heterocycles. The second-order valence-electron chi connectivity index (χ2n) is 8.11. The third-order valence-corrected chi connectivity index (χ3v) is 6.16. The number of rotatable bonds is 6. The first kappa shape index (κ1) is 21.8. The van der Waals surface area contributed by atoms with Crippen LogP contribution < -0.4 is 5.32 Å². The van der Waals surface area contributed by atoms with Crippen LogP contribution in [0.5, 0.6) is 0 Å². The number of benzene rings is 3. The van der Waals surface area contributed by atoms with Gasteiger partial charge in [-0.1, -0.05) is 43.3 Å². The van der Waals surface area contributed by atoms with Crippen molar-refractivity contribution in [2.24, 2.45) is 0 Å². The fraction of sp³-hybridized carbons (Fsp3) is 0.222. The van der Waals surface area contributed by atoms with E-state index >= 15 is 0 Å². The van der Waals surface area contributed by atoms with Gasteiger partial charge in [0.1, 0.15) is 11.6 Å². The molecule has 0 aliphatic rings. The summed E-state index contributed by atoms with van der Waals surface area (Å²) >= 11 is 0. The van der Waals surface area contributed by atoms with Gasteiger partial charge in [-0.15, -0.1) is 0 Å². The zero-order valence-electron chi connectivity index (χ0n) is 18.5. The van der Waals surface area contributed by atoms with Gasteiger partial charge in [-0.25, -0.2) is 8.78 Å². The van der Waals surface area contributed by atoms with E-state index in [-0.39, 0.29) is 11.9 Å². The first-order valence-corrected chi connectivity index (χ1v) is 10.8. The molecule has 1 N–H and O–H groups in total. The maximum atomic E-state index is 14.2. The standard InChI is InChI=1S/C27H26F2N2O/c1-4-25(19-8-6-5-7-9-19)30-27(32)20-11-13-26-23(14-20)17(2)18(3)31(26)16-21-10-12-22(28)15-24(21)29/h5-15,25H,4,16H2,1-3H3,(H,30,32)/t25-/m1/s1. The van der Waals surface area contributed by atoms with Crippen LogP contribution in [-0.2, 0) is 6.54 Å². The van der Waals surface area contributed by atoms with Crippen molar-refractivity contribution in [2.75, 3.05) is 0 Å². The third-order valence-electron chi connectivity index (χ3n) is 6.16. The number of hydrogen-bond acceptors (Lipinski definition) is 1. The van der Waals surface area contributed by atoms with Gasteiger partial charge < -0.3 is 9.88 Å². The highest BCUT2D eigenvalue weighted by molar-refractivity contribution is 5.99. The monoisotopic (exact) mass is 432 g/mol. The van der Waals surface area contributed by atoms with Gasteiger partial charge in [0.15, 0.2) is 0 Å². The molecule has 5 heteroatoms. The number of nitrogens with zero attached hydrogens (tertiary/aromatic N) is 1. The predicted molar refractivity (Wildman–Crippen MR) is 124 cm³/mol. The van der Waals surface area contributed by atoms with Crippen LogP contribution in [0.4, 0.5) is 8.78 Å².